The lowest BCUT2D eigenvalue weighted by molar-refractivity contribution is -0.576. The molecule has 0 aliphatic carbocycles. The third-order valence-corrected chi connectivity index (χ3v) is 1.56. The number of aromatic nitrogens is 1. The minimum Gasteiger partial charge on any atom is -0.457 e. The summed E-state index contributed by atoms with van der Waals surface area (Å²) in [5, 5.41) is 7.00. The SMILES string of the molecule is CCOC(=O)C(=C=N)[n+]1ccccc1. The van der Waals surface area contributed by atoms with Crippen LogP contribution in [0.5, 0.6) is 0 Å². The summed E-state index contributed by atoms with van der Waals surface area (Å²) in [5.41, 5.74) is 0.0763. The molecule has 1 heterocycles. The van der Waals surface area contributed by atoms with E-state index in [1.807, 2.05) is 6.07 Å². The zero-order chi connectivity index (χ0) is 10.4. The van der Waals surface area contributed by atoms with Crippen LogP contribution in [0.4, 0.5) is 0 Å². The fraction of sp³-hybridized carbons (Fsp3) is 0.200. The second-order valence-corrected chi connectivity index (χ2v) is 2.48. The summed E-state index contributed by atoms with van der Waals surface area (Å²) in [5.74, 6) is 1.52. The minimum atomic E-state index is -0.543. The molecule has 0 unspecified atom stereocenters. The first kappa shape index (κ1) is 10.2. The van der Waals surface area contributed by atoms with Gasteiger partial charge < -0.3 is 4.74 Å². The Morgan fingerprint density at radius 1 is 1.43 bits per heavy atom. The molecule has 4 heteroatoms. The number of carbonyl (C=O) groups excluding carboxylic acids is 1. The van der Waals surface area contributed by atoms with E-state index in [1.54, 1.807) is 31.5 Å². The van der Waals surface area contributed by atoms with Crippen molar-refractivity contribution in [1.29, 1.82) is 5.41 Å². The largest absolute Gasteiger partial charge is 0.457 e. The number of nitrogens with zero attached hydrogens (tertiary/aromatic N) is 1. The van der Waals surface area contributed by atoms with E-state index in [4.69, 9.17) is 10.1 Å². The molecule has 0 bridgehead atoms. The Labute approximate surface area is 82.0 Å². The highest BCUT2D eigenvalue weighted by Crippen LogP contribution is 1.92. The molecule has 14 heavy (non-hydrogen) atoms. The second-order valence-electron chi connectivity index (χ2n) is 2.48. The molecule has 0 aliphatic rings. The van der Waals surface area contributed by atoms with Crippen molar-refractivity contribution in [3.8, 4) is 0 Å². The molecule has 0 amide bonds. The molecule has 1 N–H and O–H groups in total. The lowest BCUT2D eigenvalue weighted by atomic mass is 10.4. The number of ether oxygens (including phenoxy) is 1. The predicted molar refractivity (Wildman–Crippen MR) is 50.7 cm³/mol. The normalized spacial score (nSPS) is 8.93. The fourth-order valence-electron chi connectivity index (χ4n) is 0.968. The molecule has 1 aromatic heterocycles. The van der Waals surface area contributed by atoms with Crippen LogP contribution in [0, 0.1) is 5.41 Å². The highest BCUT2D eigenvalue weighted by Gasteiger charge is 2.20. The van der Waals surface area contributed by atoms with Crippen molar-refractivity contribution < 1.29 is 14.1 Å². The van der Waals surface area contributed by atoms with Gasteiger partial charge in [0.1, 0.15) is 0 Å². The van der Waals surface area contributed by atoms with E-state index in [9.17, 15) is 4.79 Å². The lowest BCUT2D eigenvalue weighted by Gasteiger charge is -1.97. The van der Waals surface area contributed by atoms with Crippen LogP contribution in [-0.4, -0.2) is 18.4 Å². The van der Waals surface area contributed by atoms with Crippen molar-refractivity contribution in [2.75, 3.05) is 6.61 Å². The number of hydrogen-bond acceptors (Lipinski definition) is 3. The van der Waals surface area contributed by atoms with Gasteiger partial charge in [-0.15, -0.1) is 0 Å². The Kier molecular flexibility index (Phi) is 3.58. The molecule has 1 aromatic rings. The van der Waals surface area contributed by atoms with Crippen LogP contribution in [0.3, 0.4) is 0 Å². The van der Waals surface area contributed by atoms with Crippen LogP contribution in [-0.2, 0) is 9.53 Å². The average molecular weight is 191 g/mol. The standard InChI is InChI=1S/C10H11N2O2/c1-2-14-10(13)9(8-11)12-6-4-3-5-7-12/h3-7,11H,2H2,1H3/q+1. The molecule has 0 fully saturated rings. The first-order valence-electron chi connectivity index (χ1n) is 4.23. The van der Waals surface area contributed by atoms with Gasteiger partial charge in [0.25, 0.3) is 0 Å². The summed E-state index contributed by atoms with van der Waals surface area (Å²) >= 11 is 0. The van der Waals surface area contributed by atoms with Gasteiger partial charge in [-0.05, 0) is 6.92 Å². The Morgan fingerprint density at radius 3 is 2.57 bits per heavy atom. The summed E-state index contributed by atoms with van der Waals surface area (Å²) < 4.78 is 6.26. The number of hydrogen-bond donors (Lipinski definition) is 1. The molecule has 0 saturated carbocycles. The smallest absolute Gasteiger partial charge is 0.414 e. The highest BCUT2D eigenvalue weighted by atomic mass is 16.5. The maximum atomic E-state index is 11.3. The summed E-state index contributed by atoms with van der Waals surface area (Å²) in [7, 11) is 0. The zero-order valence-corrected chi connectivity index (χ0v) is 7.86. The molecule has 72 valence electrons. The van der Waals surface area contributed by atoms with Gasteiger partial charge in [-0.25, -0.2) is 4.79 Å². The maximum absolute atomic E-state index is 11.3. The van der Waals surface area contributed by atoms with Crippen LogP contribution in [0.2, 0.25) is 0 Å². The van der Waals surface area contributed by atoms with Crippen molar-refractivity contribution in [2.45, 2.75) is 6.92 Å². The van der Waals surface area contributed by atoms with Crippen molar-refractivity contribution in [3.63, 3.8) is 0 Å². The summed E-state index contributed by atoms with van der Waals surface area (Å²) in [6.07, 6.45) is 3.32. The predicted octanol–water partition coefficient (Wildman–Crippen LogP) is 0.627. The summed E-state index contributed by atoms with van der Waals surface area (Å²) in [6.45, 7) is 2.01. The lowest BCUT2D eigenvalue weighted by Crippen LogP contribution is -2.36. The summed E-state index contributed by atoms with van der Waals surface area (Å²) in [6, 6.07) is 5.34. The van der Waals surface area contributed by atoms with Gasteiger partial charge in [-0.2, -0.15) is 4.57 Å². The molecule has 0 aliphatic heterocycles. The van der Waals surface area contributed by atoms with Gasteiger partial charge in [-0.1, -0.05) is 6.07 Å². The number of esters is 1. The molecule has 4 nitrogen and oxygen atoms in total. The van der Waals surface area contributed by atoms with E-state index in [2.05, 4.69) is 5.87 Å². The first-order chi connectivity index (χ1) is 6.79. The Balaban J connectivity index is 2.96. The molecule has 0 atom stereocenters. The van der Waals surface area contributed by atoms with Gasteiger partial charge in [0, 0.05) is 12.1 Å². The van der Waals surface area contributed by atoms with Crippen LogP contribution >= 0.6 is 0 Å². The molecule has 0 spiro atoms. The van der Waals surface area contributed by atoms with E-state index in [-0.39, 0.29) is 12.3 Å². The molecule has 0 radical (unpaired) electrons. The van der Waals surface area contributed by atoms with Crippen LogP contribution < -0.4 is 4.57 Å². The van der Waals surface area contributed by atoms with Crippen LogP contribution in [0.1, 0.15) is 6.92 Å². The van der Waals surface area contributed by atoms with Gasteiger partial charge in [0.05, 0.1) is 12.5 Å². The Bertz CT molecular complexity index is 367. The van der Waals surface area contributed by atoms with Crippen LogP contribution in [0.15, 0.2) is 30.6 Å². The minimum absolute atomic E-state index is 0.0763. The third-order valence-electron chi connectivity index (χ3n) is 1.56. The zero-order valence-electron chi connectivity index (χ0n) is 7.86. The Morgan fingerprint density at radius 2 is 2.07 bits per heavy atom. The highest BCUT2D eigenvalue weighted by molar-refractivity contribution is 6.15. The van der Waals surface area contributed by atoms with Gasteiger partial charge in [-0.3, -0.25) is 5.41 Å². The van der Waals surface area contributed by atoms with Crippen molar-refractivity contribution in [3.05, 3.63) is 30.6 Å². The topological polar surface area (TPSA) is 54.0 Å². The van der Waals surface area contributed by atoms with Gasteiger partial charge in [0.2, 0.25) is 0 Å². The average Bonchev–Trinajstić information content (AvgIpc) is 2.21. The summed E-state index contributed by atoms with van der Waals surface area (Å²) in [4.78, 5) is 11.3. The monoisotopic (exact) mass is 191 g/mol. The van der Waals surface area contributed by atoms with Crippen molar-refractivity contribution >= 4 is 17.5 Å². The van der Waals surface area contributed by atoms with Gasteiger partial charge in [0.15, 0.2) is 12.4 Å². The number of pyridine rings is 1. The molecule has 0 saturated heterocycles. The van der Waals surface area contributed by atoms with E-state index in [0.717, 1.165) is 0 Å². The fourth-order valence-corrected chi connectivity index (χ4v) is 0.968. The first-order valence-corrected chi connectivity index (χ1v) is 4.23. The van der Waals surface area contributed by atoms with E-state index >= 15 is 0 Å². The third kappa shape index (κ3) is 2.28. The number of carbonyl (C=O) groups is 1. The molecular formula is C10H11N2O2+. The van der Waals surface area contributed by atoms with E-state index in [1.165, 1.54) is 4.57 Å². The van der Waals surface area contributed by atoms with Gasteiger partial charge >= 0.3 is 11.7 Å². The molecular weight excluding hydrogens is 180 g/mol. The van der Waals surface area contributed by atoms with E-state index < -0.39 is 5.97 Å². The molecule has 1 rings (SSSR count). The van der Waals surface area contributed by atoms with Crippen LogP contribution in [0.25, 0.3) is 5.70 Å². The second kappa shape index (κ2) is 4.94. The van der Waals surface area contributed by atoms with Crippen molar-refractivity contribution in [1.82, 2.24) is 0 Å². The number of rotatable bonds is 3. The quantitative estimate of drug-likeness (QED) is 0.329. The Hall–Kier alpha value is -1.93. The van der Waals surface area contributed by atoms with Crippen molar-refractivity contribution in [2.24, 2.45) is 0 Å². The van der Waals surface area contributed by atoms with E-state index in [0.29, 0.717) is 0 Å². The number of nitrogens with one attached hydrogen (secondary N) is 1. The maximum Gasteiger partial charge on any atom is 0.414 e. The molecule has 0 aromatic carbocycles.